The summed E-state index contributed by atoms with van der Waals surface area (Å²) >= 11 is 0. The molecule has 6 nitrogen and oxygen atoms in total. The van der Waals surface area contributed by atoms with Crippen molar-refractivity contribution in [2.75, 3.05) is 32.7 Å². The number of amides is 2. The third kappa shape index (κ3) is 4.24. The van der Waals surface area contributed by atoms with E-state index < -0.39 is 0 Å². The van der Waals surface area contributed by atoms with Crippen molar-refractivity contribution in [3.05, 3.63) is 66.0 Å². The van der Waals surface area contributed by atoms with Gasteiger partial charge in [0.1, 0.15) is 0 Å². The predicted molar refractivity (Wildman–Crippen MR) is 116 cm³/mol. The second-order valence-electron chi connectivity index (χ2n) is 9.11. The number of hydrogen-bond donors (Lipinski definition) is 1. The van der Waals surface area contributed by atoms with Crippen LogP contribution >= 0.6 is 0 Å². The molecule has 1 atom stereocenters. The van der Waals surface area contributed by atoms with Gasteiger partial charge in [-0.3, -0.25) is 19.5 Å². The highest BCUT2D eigenvalue weighted by atomic mass is 16.2. The first-order chi connectivity index (χ1) is 14.5. The van der Waals surface area contributed by atoms with Crippen LogP contribution in [-0.4, -0.2) is 59.3 Å². The van der Waals surface area contributed by atoms with Gasteiger partial charge in [-0.05, 0) is 23.6 Å². The maximum atomic E-state index is 13.1. The van der Waals surface area contributed by atoms with E-state index in [1.165, 1.54) is 5.56 Å². The van der Waals surface area contributed by atoms with Gasteiger partial charge < -0.3 is 10.2 Å². The number of nitrogens with zero attached hydrogens (tertiary/aromatic N) is 3. The SMILES string of the molecule is CC(C)CNC(=O)C1CN(Cc2ccccc2)CC12CN(C(=O)c1cccnc1)C2. The lowest BCUT2D eigenvalue weighted by atomic mass is 9.71. The molecule has 0 bridgehead atoms. The quantitative estimate of drug-likeness (QED) is 0.800. The van der Waals surface area contributed by atoms with Crippen LogP contribution in [0.3, 0.4) is 0 Å². The Bertz CT molecular complexity index is 879. The summed E-state index contributed by atoms with van der Waals surface area (Å²) in [5.74, 6) is 0.430. The van der Waals surface area contributed by atoms with E-state index in [2.05, 4.69) is 41.2 Å². The fourth-order valence-corrected chi connectivity index (χ4v) is 4.67. The summed E-state index contributed by atoms with van der Waals surface area (Å²) in [6.07, 6.45) is 3.28. The van der Waals surface area contributed by atoms with Gasteiger partial charge in [-0.25, -0.2) is 0 Å². The number of benzene rings is 1. The molecule has 2 aliphatic heterocycles. The molecule has 2 aliphatic rings. The van der Waals surface area contributed by atoms with Gasteiger partial charge >= 0.3 is 0 Å². The molecule has 2 fully saturated rings. The van der Waals surface area contributed by atoms with E-state index in [1.807, 2.05) is 23.1 Å². The third-order valence-electron chi connectivity index (χ3n) is 6.18. The fourth-order valence-electron chi connectivity index (χ4n) is 4.67. The highest BCUT2D eigenvalue weighted by Gasteiger charge is 2.57. The van der Waals surface area contributed by atoms with E-state index in [0.29, 0.717) is 31.1 Å². The Morgan fingerprint density at radius 2 is 1.90 bits per heavy atom. The largest absolute Gasteiger partial charge is 0.356 e. The Balaban J connectivity index is 1.47. The van der Waals surface area contributed by atoms with Crippen LogP contribution < -0.4 is 5.32 Å². The molecule has 1 aromatic carbocycles. The predicted octanol–water partition coefficient (Wildman–Crippen LogP) is 2.43. The topological polar surface area (TPSA) is 65.5 Å². The molecule has 1 N–H and O–H groups in total. The Hall–Kier alpha value is -2.73. The average molecular weight is 407 g/mol. The third-order valence-corrected chi connectivity index (χ3v) is 6.18. The Morgan fingerprint density at radius 3 is 2.57 bits per heavy atom. The van der Waals surface area contributed by atoms with Gasteiger partial charge in [0.2, 0.25) is 5.91 Å². The van der Waals surface area contributed by atoms with E-state index in [1.54, 1.807) is 24.5 Å². The van der Waals surface area contributed by atoms with Gasteiger partial charge in [0.25, 0.3) is 5.91 Å². The van der Waals surface area contributed by atoms with Crippen LogP contribution in [0.1, 0.15) is 29.8 Å². The highest BCUT2D eigenvalue weighted by molar-refractivity contribution is 5.94. The highest BCUT2D eigenvalue weighted by Crippen LogP contribution is 2.45. The monoisotopic (exact) mass is 406 g/mol. The lowest BCUT2D eigenvalue weighted by molar-refractivity contribution is -0.131. The van der Waals surface area contributed by atoms with Crippen molar-refractivity contribution in [1.82, 2.24) is 20.1 Å². The molecule has 6 heteroatoms. The van der Waals surface area contributed by atoms with Crippen molar-refractivity contribution < 1.29 is 9.59 Å². The summed E-state index contributed by atoms with van der Waals surface area (Å²) in [6.45, 7) is 8.51. The van der Waals surface area contributed by atoms with Crippen LogP contribution in [0.2, 0.25) is 0 Å². The van der Waals surface area contributed by atoms with Gasteiger partial charge in [-0.1, -0.05) is 44.2 Å². The standard InChI is InChI=1S/C24H30N4O2/c1-18(2)11-26-22(29)21-14-27(13-19-7-4-3-5-8-19)15-24(21)16-28(17-24)23(30)20-9-6-10-25-12-20/h3-10,12,18,21H,11,13-17H2,1-2H3,(H,26,29). The van der Waals surface area contributed by atoms with Crippen LogP contribution in [0.15, 0.2) is 54.9 Å². The van der Waals surface area contributed by atoms with Crippen molar-refractivity contribution >= 4 is 11.8 Å². The molecular formula is C24H30N4O2. The number of carbonyl (C=O) groups is 2. The summed E-state index contributed by atoms with van der Waals surface area (Å²) in [5.41, 5.74) is 1.68. The zero-order valence-electron chi connectivity index (χ0n) is 17.8. The summed E-state index contributed by atoms with van der Waals surface area (Å²) in [5, 5.41) is 3.13. The van der Waals surface area contributed by atoms with E-state index >= 15 is 0 Å². The lowest BCUT2D eigenvalue weighted by Gasteiger charge is -2.50. The first kappa shape index (κ1) is 20.5. The van der Waals surface area contributed by atoms with Gasteiger partial charge in [0.15, 0.2) is 0 Å². The summed E-state index contributed by atoms with van der Waals surface area (Å²) in [4.78, 5) is 34.1. The Morgan fingerprint density at radius 1 is 1.13 bits per heavy atom. The summed E-state index contributed by atoms with van der Waals surface area (Å²) in [7, 11) is 0. The molecule has 158 valence electrons. The van der Waals surface area contributed by atoms with Crippen molar-refractivity contribution in [3.8, 4) is 0 Å². The molecule has 2 amide bonds. The minimum atomic E-state index is -0.173. The molecule has 0 radical (unpaired) electrons. The number of carbonyl (C=O) groups excluding carboxylic acids is 2. The van der Waals surface area contributed by atoms with Crippen LogP contribution in [0.4, 0.5) is 0 Å². The Labute approximate surface area is 178 Å². The zero-order valence-corrected chi connectivity index (χ0v) is 17.8. The fraction of sp³-hybridized carbons (Fsp3) is 0.458. The van der Waals surface area contributed by atoms with E-state index in [0.717, 1.165) is 19.6 Å². The minimum absolute atomic E-state index is 0.00317. The molecule has 1 aromatic heterocycles. The van der Waals surface area contributed by atoms with Crippen molar-refractivity contribution in [2.24, 2.45) is 17.3 Å². The molecule has 1 unspecified atom stereocenters. The normalized spacial score (nSPS) is 20.4. The van der Waals surface area contributed by atoms with Crippen molar-refractivity contribution in [2.45, 2.75) is 20.4 Å². The van der Waals surface area contributed by atoms with Crippen molar-refractivity contribution in [1.29, 1.82) is 0 Å². The second-order valence-corrected chi connectivity index (χ2v) is 9.11. The smallest absolute Gasteiger partial charge is 0.255 e. The first-order valence-electron chi connectivity index (χ1n) is 10.7. The molecule has 3 heterocycles. The molecule has 2 saturated heterocycles. The van der Waals surface area contributed by atoms with Crippen LogP contribution in [0, 0.1) is 17.3 Å². The molecule has 0 saturated carbocycles. The molecule has 1 spiro atoms. The number of hydrogen-bond acceptors (Lipinski definition) is 4. The maximum Gasteiger partial charge on any atom is 0.255 e. The van der Waals surface area contributed by atoms with E-state index in [9.17, 15) is 9.59 Å². The summed E-state index contributed by atoms with van der Waals surface area (Å²) < 4.78 is 0. The van der Waals surface area contributed by atoms with Crippen LogP contribution in [0.5, 0.6) is 0 Å². The number of nitrogens with one attached hydrogen (secondary N) is 1. The van der Waals surface area contributed by atoms with Gasteiger partial charge in [-0.15, -0.1) is 0 Å². The van der Waals surface area contributed by atoms with Crippen molar-refractivity contribution in [3.63, 3.8) is 0 Å². The first-order valence-corrected chi connectivity index (χ1v) is 10.7. The number of aromatic nitrogens is 1. The number of likely N-dealkylation sites (tertiary alicyclic amines) is 2. The minimum Gasteiger partial charge on any atom is -0.356 e. The molecule has 4 rings (SSSR count). The van der Waals surface area contributed by atoms with Crippen LogP contribution in [-0.2, 0) is 11.3 Å². The molecule has 2 aromatic rings. The zero-order chi connectivity index (χ0) is 21.1. The average Bonchev–Trinajstić information content (AvgIpc) is 3.11. The van der Waals surface area contributed by atoms with E-state index in [-0.39, 0.29) is 23.1 Å². The van der Waals surface area contributed by atoms with Crippen LogP contribution in [0.25, 0.3) is 0 Å². The molecule has 30 heavy (non-hydrogen) atoms. The Kier molecular flexibility index (Phi) is 5.86. The van der Waals surface area contributed by atoms with Gasteiger partial charge in [-0.2, -0.15) is 0 Å². The number of rotatable bonds is 6. The molecular weight excluding hydrogens is 376 g/mol. The lowest BCUT2D eigenvalue weighted by Crippen LogP contribution is -2.64. The maximum absolute atomic E-state index is 13.1. The van der Waals surface area contributed by atoms with Gasteiger partial charge in [0.05, 0.1) is 11.5 Å². The van der Waals surface area contributed by atoms with Gasteiger partial charge in [0, 0.05) is 57.1 Å². The van der Waals surface area contributed by atoms with E-state index in [4.69, 9.17) is 0 Å². The number of pyridine rings is 1. The molecule has 0 aliphatic carbocycles. The summed E-state index contributed by atoms with van der Waals surface area (Å²) in [6, 6.07) is 13.9. The second kappa shape index (κ2) is 8.56.